The maximum absolute atomic E-state index is 12.6. The van der Waals surface area contributed by atoms with Crippen molar-refractivity contribution < 1.29 is 13.2 Å². The van der Waals surface area contributed by atoms with Crippen molar-refractivity contribution in [2.75, 3.05) is 10.5 Å². The minimum atomic E-state index is -3.41. The van der Waals surface area contributed by atoms with Crippen LogP contribution in [0.3, 0.4) is 0 Å². The van der Waals surface area contributed by atoms with E-state index < -0.39 is 10.0 Å². The number of amides is 1. The van der Waals surface area contributed by atoms with Crippen molar-refractivity contribution in [2.24, 2.45) is 0 Å². The van der Waals surface area contributed by atoms with E-state index in [9.17, 15) is 13.2 Å². The molecule has 3 aromatic rings. The quantitative estimate of drug-likeness (QED) is 0.647. The lowest BCUT2D eigenvalue weighted by molar-refractivity contribution is 0.0938. The molecule has 1 atom stereocenters. The zero-order chi connectivity index (χ0) is 19.4. The van der Waals surface area contributed by atoms with Gasteiger partial charge in [0.15, 0.2) is 11.5 Å². The molecule has 0 aliphatic heterocycles. The molecule has 0 saturated carbocycles. The summed E-state index contributed by atoms with van der Waals surface area (Å²) in [5.74, 6) is 0.311. The highest BCUT2D eigenvalue weighted by Gasteiger charge is 2.17. The predicted octanol–water partition coefficient (Wildman–Crippen LogP) is 2.37. The van der Waals surface area contributed by atoms with Gasteiger partial charge in [0, 0.05) is 17.4 Å². The van der Waals surface area contributed by atoms with Crippen LogP contribution in [0.2, 0.25) is 0 Å². The van der Waals surface area contributed by atoms with Crippen LogP contribution in [-0.2, 0) is 10.0 Å². The van der Waals surface area contributed by atoms with Gasteiger partial charge in [-0.2, -0.15) is 0 Å². The van der Waals surface area contributed by atoms with Crippen molar-refractivity contribution in [1.82, 2.24) is 19.9 Å². The van der Waals surface area contributed by atoms with Gasteiger partial charge in [0.2, 0.25) is 10.0 Å². The van der Waals surface area contributed by atoms with Gasteiger partial charge in [0.05, 0.1) is 11.8 Å². The van der Waals surface area contributed by atoms with Gasteiger partial charge in [-0.25, -0.2) is 8.42 Å². The van der Waals surface area contributed by atoms with E-state index in [1.807, 2.05) is 31.3 Å². The van der Waals surface area contributed by atoms with Gasteiger partial charge in [-0.3, -0.25) is 13.9 Å². The third kappa shape index (κ3) is 4.43. The molecule has 0 spiro atoms. The summed E-state index contributed by atoms with van der Waals surface area (Å²) in [6.07, 6.45) is 2.34. The summed E-state index contributed by atoms with van der Waals surface area (Å²) in [5, 5.41) is 11.1. The number of hydrogen-bond acceptors (Lipinski definition) is 5. The third-order valence-corrected chi connectivity index (χ3v) is 5.44. The summed E-state index contributed by atoms with van der Waals surface area (Å²) in [7, 11) is -3.41. The van der Waals surface area contributed by atoms with Gasteiger partial charge < -0.3 is 5.32 Å². The summed E-state index contributed by atoms with van der Waals surface area (Å²) >= 11 is 0. The molecule has 1 aromatic carbocycles. The molecule has 0 fully saturated rings. The molecule has 8 nitrogen and oxygen atoms in total. The topological polar surface area (TPSA) is 105 Å². The average Bonchev–Trinajstić information content (AvgIpc) is 3.05. The molecule has 27 heavy (non-hydrogen) atoms. The van der Waals surface area contributed by atoms with E-state index >= 15 is 0 Å². The van der Waals surface area contributed by atoms with Crippen LogP contribution < -0.4 is 10.0 Å². The number of carbonyl (C=O) groups excluding carboxylic acids is 1. The lowest BCUT2D eigenvalue weighted by atomic mass is 10.2. The summed E-state index contributed by atoms with van der Waals surface area (Å²) in [5.41, 5.74) is 1.41. The van der Waals surface area contributed by atoms with Crippen LogP contribution >= 0.6 is 0 Å². The molecular weight excluding hydrogens is 366 g/mol. The van der Waals surface area contributed by atoms with Gasteiger partial charge in [-0.1, -0.05) is 19.1 Å². The second-order valence-corrected chi connectivity index (χ2v) is 8.03. The summed E-state index contributed by atoms with van der Waals surface area (Å²) in [4.78, 5) is 12.6. The van der Waals surface area contributed by atoms with Crippen molar-refractivity contribution in [3.05, 3.63) is 60.0 Å². The molecule has 1 unspecified atom stereocenters. The Bertz CT molecular complexity index is 1060. The van der Waals surface area contributed by atoms with E-state index in [1.54, 1.807) is 29.5 Å². The minimum absolute atomic E-state index is 0.0282. The Kier molecular flexibility index (Phi) is 5.41. The summed E-state index contributed by atoms with van der Waals surface area (Å²) in [6, 6.07) is 11.6. The lowest BCUT2D eigenvalue weighted by Crippen LogP contribution is -2.28. The highest BCUT2D eigenvalue weighted by Crippen LogP contribution is 2.16. The molecular formula is C18H21N5O3S. The number of anilines is 1. The van der Waals surface area contributed by atoms with E-state index in [2.05, 4.69) is 20.2 Å². The number of aromatic nitrogens is 3. The first kappa shape index (κ1) is 18.8. The second-order valence-electron chi connectivity index (χ2n) is 6.18. The molecule has 9 heteroatoms. The Morgan fingerprint density at radius 2 is 2.00 bits per heavy atom. The molecule has 2 N–H and O–H groups in total. The molecule has 0 bridgehead atoms. The van der Waals surface area contributed by atoms with Crippen molar-refractivity contribution >= 4 is 27.3 Å². The molecule has 0 radical (unpaired) electrons. The van der Waals surface area contributed by atoms with Crippen LogP contribution in [0.25, 0.3) is 5.65 Å². The SMILES string of the molecule is CCCS(=O)(=O)Nc1cccc(C(=O)NC(C)c2nnc3ccccn23)c1. The van der Waals surface area contributed by atoms with Crippen molar-refractivity contribution in [1.29, 1.82) is 0 Å². The summed E-state index contributed by atoms with van der Waals surface area (Å²) < 4.78 is 28.1. The number of sulfonamides is 1. The largest absolute Gasteiger partial charge is 0.342 e. The highest BCUT2D eigenvalue weighted by molar-refractivity contribution is 7.92. The Hall–Kier alpha value is -2.94. The standard InChI is InChI=1S/C18H21N5O3S/c1-3-11-27(25,26)22-15-8-6-7-14(12-15)18(24)19-13(2)17-21-20-16-9-4-5-10-23(16)17/h4-10,12-13,22H,3,11H2,1-2H3,(H,19,24). The van der Waals surface area contributed by atoms with Gasteiger partial charge in [0.25, 0.3) is 5.91 Å². The van der Waals surface area contributed by atoms with E-state index in [0.717, 1.165) is 0 Å². The number of nitrogens with zero attached hydrogens (tertiary/aromatic N) is 3. The maximum atomic E-state index is 12.6. The number of nitrogens with one attached hydrogen (secondary N) is 2. The molecule has 142 valence electrons. The number of fused-ring (bicyclic) bond motifs is 1. The first-order valence-electron chi connectivity index (χ1n) is 8.60. The minimum Gasteiger partial charge on any atom is -0.342 e. The first-order chi connectivity index (χ1) is 12.9. The average molecular weight is 387 g/mol. The van der Waals surface area contributed by atoms with Crippen LogP contribution in [0.15, 0.2) is 48.7 Å². The fraction of sp³-hybridized carbons (Fsp3) is 0.278. The van der Waals surface area contributed by atoms with E-state index in [-0.39, 0.29) is 17.7 Å². The van der Waals surface area contributed by atoms with E-state index in [4.69, 9.17) is 0 Å². The monoisotopic (exact) mass is 387 g/mol. The second kappa shape index (κ2) is 7.75. The first-order valence-corrected chi connectivity index (χ1v) is 10.3. The van der Waals surface area contributed by atoms with Crippen LogP contribution in [0.1, 0.15) is 42.5 Å². The summed E-state index contributed by atoms with van der Waals surface area (Å²) in [6.45, 7) is 3.60. The van der Waals surface area contributed by atoms with Crippen molar-refractivity contribution in [2.45, 2.75) is 26.3 Å². The van der Waals surface area contributed by atoms with Crippen molar-refractivity contribution in [3.8, 4) is 0 Å². The third-order valence-electron chi connectivity index (χ3n) is 3.95. The molecule has 0 aliphatic carbocycles. The predicted molar refractivity (Wildman–Crippen MR) is 103 cm³/mol. The number of pyridine rings is 1. The van der Waals surface area contributed by atoms with E-state index in [0.29, 0.717) is 29.1 Å². The Balaban J connectivity index is 1.75. The number of rotatable bonds is 7. The van der Waals surface area contributed by atoms with E-state index in [1.165, 1.54) is 6.07 Å². The molecule has 3 rings (SSSR count). The fourth-order valence-electron chi connectivity index (χ4n) is 2.72. The molecule has 0 aliphatic rings. The Morgan fingerprint density at radius 3 is 2.78 bits per heavy atom. The van der Waals surface area contributed by atoms with Gasteiger partial charge >= 0.3 is 0 Å². The van der Waals surface area contributed by atoms with Gasteiger partial charge in [-0.05, 0) is 43.7 Å². The zero-order valence-corrected chi connectivity index (χ0v) is 15.9. The lowest BCUT2D eigenvalue weighted by Gasteiger charge is -2.13. The van der Waals surface area contributed by atoms with Crippen LogP contribution in [0.4, 0.5) is 5.69 Å². The molecule has 2 aromatic heterocycles. The molecule has 2 heterocycles. The Labute approximate surface area is 157 Å². The molecule has 1 amide bonds. The smallest absolute Gasteiger partial charge is 0.251 e. The van der Waals surface area contributed by atoms with Crippen LogP contribution in [0.5, 0.6) is 0 Å². The van der Waals surface area contributed by atoms with Crippen molar-refractivity contribution in [3.63, 3.8) is 0 Å². The van der Waals surface area contributed by atoms with Gasteiger partial charge in [0.1, 0.15) is 0 Å². The normalized spacial score (nSPS) is 12.7. The van der Waals surface area contributed by atoms with Gasteiger partial charge in [-0.15, -0.1) is 10.2 Å². The number of carbonyl (C=O) groups is 1. The Morgan fingerprint density at radius 1 is 1.19 bits per heavy atom. The van der Waals surface area contributed by atoms with Crippen LogP contribution in [-0.4, -0.2) is 34.7 Å². The number of benzene rings is 1. The maximum Gasteiger partial charge on any atom is 0.251 e. The fourth-order valence-corrected chi connectivity index (χ4v) is 3.85. The molecule has 0 saturated heterocycles. The zero-order valence-electron chi connectivity index (χ0n) is 15.1. The van der Waals surface area contributed by atoms with Crippen LogP contribution in [0, 0.1) is 0 Å². The highest BCUT2D eigenvalue weighted by atomic mass is 32.2. The number of hydrogen-bond donors (Lipinski definition) is 2.